The van der Waals surface area contributed by atoms with Gasteiger partial charge in [0.25, 0.3) is 0 Å². The molecule has 1 rings (SSSR count). The van der Waals surface area contributed by atoms with Gasteiger partial charge in [-0.1, -0.05) is 6.07 Å². The molecule has 0 aliphatic carbocycles. The number of aryl methyl sites for hydroxylation is 1. The average molecular weight is 178 g/mol. The average Bonchev–Trinajstić information content (AvgIpc) is 2.09. The SMILES string of the molecule is Cc1ccc(SCCC#N)nc1. The number of pyridine rings is 1. The Morgan fingerprint density at radius 2 is 2.42 bits per heavy atom. The smallest absolute Gasteiger partial charge is 0.0960 e. The van der Waals surface area contributed by atoms with Gasteiger partial charge < -0.3 is 0 Å². The molecule has 2 nitrogen and oxygen atoms in total. The normalized spacial score (nSPS) is 9.33. The fourth-order valence-corrected chi connectivity index (χ4v) is 1.43. The van der Waals surface area contributed by atoms with E-state index in [1.165, 1.54) is 5.56 Å². The topological polar surface area (TPSA) is 36.7 Å². The molecule has 0 aromatic carbocycles. The molecule has 0 unspecified atom stereocenters. The minimum Gasteiger partial charge on any atom is -0.250 e. The van der Waals surface area contributed by atoms with E-state index in [0.717, 1.165) is 10.8 Å². The van der Waals surface area contributed by atoms with Crippen LogP contribution in [0.15, 0.2) is 23.4 Å². The molecular formula is C9H10N2S. The van der Waals surface area contributed by atoms with Gasteiger partial charge in [-0.2, -0.15) is 5.26 Å². The van der Waals surface area contributed by atoms with Crippen molar-refractivity contribution in [3.63, 3.8) is 0 Å². The number of aromatic nitrogens is 1. The molecule has 0 saturated heterocycles. The van der Waals surface area contributed by atoms with E-state index < -0.39 is 0 Å². The Morgan fingerprint density at radius 3 is 3.00 bits per heavy atom. The first kappa shape index (κ1) is 9.08. The monoisotopic (exact) mass is 178 g/mol. The molecule has 1 heterocycles. The Hall–Kier alpha value is -1.01. The molecule has 0 fully saturated rings. The zero-order valence-electron chi connectivity index (χ0n) is 6.95. The summed E-state index contributed by atoms with van der Waals surface area (Å²) in [6.45, 7) is 2.01. The van der Waals surface area contributed by atoms with E-state index in [2.05, 4.69) is 11.1 Å². The Morgan fingerprint density at radius 1 is 1.58 bits per heavy atom. The summed E-state index contributed by atoms with van der Waals surface area (Å²) in [6.07, 6.45) is 2.43. The summed E-state index contributed by atoms with van der Waals surface area (Å²) >= 11 is 1.62. The third kappa shape index (κ3) is 2.93. The van der Waals surface area contributed by atoms with Crippen LogP contribution in [-0.2, 0) is 0 Å². The largest absolute Gasteiger partial charge is 0.250 e. The van der Waals surface area contributed by atoms with Crippen LogP contribution in [0.4, 0.5) is 0 Å². The first-order valence-corrected chi connectivity index (χ1v) is 4.74. The van der Waals surface area contributed by atoms with Crippen LogP contribution in [0.25, 0.3) is 0 Å². The van der Waals surface area contributed by atoms with E-state index in [1.54, 1.807) is 11.8 Å². The lowest BCUT2D eigenvalue weighted by Gasteiger charge is -1.97. The Bertz CT molecular complexity index is 274. The maximum atomic E-state index is 8.30. The van der Waals surface area contributed by atoms with Crippen molar-refractivity contribution in [1.82, 2.24) is 4.98 Å². The molecule has 3 heteroatoms. The van der Waals surface area contributed by atoms with Crippen LogP contribution in [0.2, 0.25) is 0 Å². The number of nitrogens with zero attached hydrogens (tertiary/aromatic N) is 2. The number of hydrogen-bond donors (Lipinski definition) is 0. The van der Waals surface area contributed by atoms with Crippen molar-refractivity contribution in [2.75, 3.05) is 5.75 Å². The van der Waals surface area contributed by atoms with Crippen molar-refractivity contribution in [1.29, 1.82) is 5.26 Å². The first-order chi connectivity index (χ1) is 5.83. The predicted molar refractivity (Wildman–Crippen MR) is 49.9 cm³/mol. The van der Waals surface area contributed by atoms with Crippen molar-refractivity contribution in [3.05, 3.63) is 23.9 Å². The Balaban J connectivity index is 2.43. The predicted octanol–water partition coefficient (Wildman–Crippen LogP) is 2.40. The standard InChI is InChI=1S/C9H10N2S/c1-8-3-4-9(11-7-8)12-6-2-5-10/h3-4,7H,2,6H2,1H3. The molecule has 0 N–H and O–H groups in total. The highest BCUT2D eigenvalue weighted by atomic mass is 32.2. The lowest BCUT2D eigenvalue weighted by atomic mass is 10.3. The summed E-state index contributed by atoms with van der Waals surface area (Å²) in [7, 11) is 0. The van der Waals surface area contributed by atoms with Crippen LogP contribution in [-0.4, -0.2) is 10.7 Å². The van der Waals surface area contributed by atoms with Gasteiger partial charge in [0.1, 0.15) is 0 Å². The second-order valence-electron chi connectivity index (χ2n) is 2.43. The summed E-state index contributed by atoms with van der Waals surface area (Å²) in [6, 6.07) is 6.11. The fourth-order valence-electron chi connectivity index (χ4n) is 0.741. The van der Waals surface area contributed by atoms with Gasteiger partial charge in [-0.25, -0.2) is 4.98 Å². The molecule has 0 amide bonds. The van der Waals surface area contributed by atoms with Gasteiger partial charge in [0.05, 0.1) is 11.1 Å². The minimum atomic E-state index is 0.584. The number of thioether (sulfide) groups is 1. The van der Waals surface area contributed by atoms with Crippen LogP contribution >= 0.6 is 11.8 Å². The first-order valence-electron chi connectivity index (χ1n) is 3.75. The van der Waals surface area contributed by atoms with E-state index in [1.807, 2.05) is 25.3 Å². The van der Waals surface area contributed by atoms with Gasteiger partial charge in [-0.15, -0.1) is 11.8 Å². The van der Waals surface area contributed by atoms with Crippen LogP contribution in [0.5, 0.6) is 0 Å². The summed E-state index contributed by atoms with van der Waals surface area (Å²) in [5, 5.41) is 9.30. The van der Waals surface area contributed by atoms with Gasteiger partial charge in [-0.05, 0) is 18.6 Å². The van der Waals surface area contributed by atoms with E-state index in [0.29, 0.717) is 6.42 Å². The van der Waals surface area contributed by atoms with Crippen LogP contribution in [0, 0.1) is 18.3 Å². The molecule has 62 valence electrons. The van der Waals surface area contributed by atoms with Gasteiger partial charge in [-0.3, -0.25) is 0 Å². The summed E-state index contributed by atoms with van der Waals surface area (Å²) < 4.78 is 0. The third-order valence-corrected chi connectivity index (χ3v) is 2.29. The van der Waals surface area contributed by atoms with Gasteiger partial charge in [0.15, 0.2) is 0 Å². The molecule has 0 aliphatic heterocycles. The molecule has 0 aliphatic rings. The Labute approximate surface area is 76.6 Å². The van der Waals surface area contributed by atoms with Crippen LogP contribution in [0.1, 0.15) is 12.0 Å². The molecular weight excluding hydrogens is 168 g/mol. The molecule has 0 atom stereocenters. The number of rotatable bonds is 3. The van der Waals surface area contributed by atoms with Gasteiger partial charge in [0, 0.05) is 18.4 Å². The van der Waals surface area contributed by atoms with Crippen molar-refractivity contribution >= 4 is 11.8 Å². The molecule has 1 aromatic heterocycles. The van der Waals surface area contributed by atoms with E-state index in [-0.39, 0.29) is 0 Å². The van der Waals surface area contributed by atoms with Gasteiger partial charge >= 0.3 is 0 Å². The molecule has 0 radical (unpaired) electrons. The van der Waals surface area contributed by atoms with Crippen molar-refractivity contribution in [2.24, 2.45) is 0 Å². The van der Waals surface area contributed by atoms with Crippen molar-refractivity contribution < 1.29 is 0 Å². The highest BCUT2D eigenvalue weighted by Crippen LogP contribution is 2.15. The quantitative estimate of drug-likeness (QED) is 0.526. The Kier molecular flexibility index (Phi) is 3.62. The van der Waals surface area contributed by atoms with E-state index >= 15 is 0 Å². The van der Waals surface area contributed by atoms with E-state index in [9.17, 15) is 0 Å². The fraction of sp³-hybridized carbons (Fsp3) is 0.333. The zero-order valence-corrected chi connectivity index (χ0v) is 7.77. The van der Waals surface area contributed by atoms with E-state index in [4.69, 9.17) is 5.26 Å². The van der Waals surface area contributed by atoms with Crippen LogP contribution in [0.3, 0.4) is 0 Å². The molecule has 0 bridgehead atoms. The van der Waals surface area contributed by atoms with Crippen molar-refractivity contribution in [2.45, 2.75) is 18.4 Å². The minimum absolute atomic E-state index is 0.584. The summed E-state index contributed by atoms with van der Waals surface area (Å²) in [5.41, 5.74) is 1.17. The molecule has 12 heavy (non-hydrogen) atoms. The molecule has 0 spiro atoms. The lowest BCUT2D eigenvalue weighted by molar-refractivity contribution is 1.10. The molecule has 1 aromatic rings. The van der Waals surface area contributed by atoms with Crippen molar-refractivity contribution in [3.8, 4) is 6.07 Å². The lowest BCUT2D eigenvalue weighted by Crippen LogP contribution is -1.82. The van der Waals surface area contributed by atoms with Crippen LogP contribution < -0.4 is 0 Å². The second-order valence-corrected chi connectivity index (χ2v) is 3.55. The third-order valence-electron chi connectivity index (χ3n) is 1.35. The maximum absolute atomic E-state index is 8.30. The molecule has 0 saturated carbocycles. The maximum Gasteiger partial charge on any atom is 0.0960 e. The highest BCUT2D eigenvalue weighted by Gasteiger charge is 1.93. The zero-order chi connectivity index (χ0) is 8.81. The second kappa shape index (κ2) is 4.78. The number of nitriles is 1. The number of hydrogen-bond acceptors (Lipinski definition) is 3. The highest BCUT2D eigenvalue weighted by molar-refractivity contribution is 7.99. The summed E-state index contributed by atoms with van der Waals surface area (Å²) in [4.78, 5) is 4.20. The van der Waals surface area contributed by atoms with Gasteiger partial charge in [0.2, 0.25) is 0 Å². The summed E-state index contributed by atoms with van der Waals surface area (Å²) in [5.74, 6) is 0.826.